The van der Waals surface area contributed by atoms with Gasteiger partial charge in [-0.2, -0.15) is 4.31 Å². The quantitative estimate of drug-likeness (QED) is 0.867. The summed E-state index contributed by atoms with van der Waals surface area (Å²) in [5.41, 5.74) is 0.858. The van der Waals surface area contributed by atoms with Crippen LogP contribution in [0, 0.1) is 0 Å². The van der Waals surface area contributed by atoms with Crippen molar-refractivity contribution in [3.8, 4) is 0 Å². The number of aliphatic carboxylic acids is 1. The van der Waals surface area contributed by atoms with E-state index in [1.54, 1.807) is 24.5 Å². The van der Waals surface area contributed by atoms with Gasteiger partial charge in [0.1, 0.15) is 0 Å². The number of hydrogen-bond acceptors (Lipinski definition) is 4. The molecule has 1 atom stereocenters. The summed E-state index contributed by atoms with van der Waals surface area (Å²) in [5.74, 6) is -2.18. The summed E-state index contributed by atoms with van der Waals surface area (Å²) in [5, 5.41) is 8.65. The Kier molecular flexibility index (Phi) is 3.63. The van der Waals surface area contributed by atoms with E-state index in [1.807, 2.05) is 0 Å². The van der Waals surface area contributed by atoms with E-state index >= 15 is 0 Å². The van der Waals surface area contributed by atoms with Crippen molar-refractivity contribution >= 4 is 16.0 Å². The number of carboxylic acids is 1. The van der Waals surface area contributed by atoms with Gasteiger partial charge in [0.2, 0.25) is 10.0 Å². The predicted molar refractivity (Wildman–Crippen MR) is 64.3 cm³/mol. The van der Waals surface area contributed by atoms with E-state index in [0.717, 1.165) is 12.0 Å². The van der Waals surface area contributed by atoms with Crippen molar-refractivity contribution in [1.29, 1.82) is 0 Å². The fraction of sp³-hybridized carbons (Fsp3) is 0.455. The Balaban J connectivity index is 2.26. The highest BCUT2D eigenvalue weighted by Gasteiger charge is 2.36. The minimum atomic E-state index is -3.74. The standard InChI is InChI=1S/C11H14N2O4S/c14-11(15)8-18(16,17)13-7-1-2-10(13)9-3-5-12-6-4-9/h3-6,10H,1-2,7-8H2,(H,14,15). The van der Waals surface area contributed by atoms with Gasteiger partial charge in [-0.05, 0) is 30.5 Å². The number of aromatic nitrogens is 1. The molecule has 6 nitrogen and oxygen atoms in total. The maximum atomic E-state index is 12.0. The molecular formula is C11H14N2O4S. The van der Waals surface area contributed by atoms with Crippen LogP contribution >= 0.6 is 0 Å². The van der Waals surface area contributed by atoms with Crippen LogP contribution in [0.3, 0.4) is 0 Å². The van der Waals surface area contributed by atoms with Gasteiger partial charge in [-0.25, -0.2) is 8.42 Å². The minimum Gasteiger partial charge on any atom is -0.480 e. The van der Waals surface area contributed by atoms with Crippen LogP contribution in [0.25, 0.3) is 0 Å². The molecular weight excluding hydrogens is 256 g/mol. The molecule has 0 saturated carbocycles. The van der Waals surface area contributed by atoms with E-state index in [9.17, 15) is 13.2 Å². The van der Waals surface area contributed by atoms with Gasteiger partial charge in [0, 0.05) is 25.0 Å². The number of sulfonamides is 1. The fourth-order valence-corrected chi connectivity index (χ4v) is 3.73. The summed E-state index contributed by atoms with van der Waals surface area (Å²) in [6, 6.07) is 3.26. The van der Waals surface area contributed by atoms with E-state index in [0.29, 0.717) is 13.0 Å². The van der Waals surface area contributed by atoms with E-state index in [-0.39, 0.29) is 6.04 Å². The largest absolute Gasteiger partial charge is 0.480 e. The Morgan fingerprint density at radius 1 is 1.44 bits per heavy atom. The van der Waals surface area contributed by atoms with E-state index in [1.165, 1.54) is 4.31 Å². The molecule has 98 valence electrons. The predicted octanol–water partition coefficient (Wildman–Crippen LogP) is 0.633. The number of carbonyl (C=O) groups is 1. The first-order chi connectivity index (χ1) is 8.50. The van der Waals surface area contributed by atoms with E-state index in [4.69, 9.17) is 5.11 Å². The van der Waals surface area contributed by atoms with Crippen molar-refractivity contribution in [2.24, 2.45) is 0 Å². The zero-order valence-electron chi connectivity index (χ0n) is 9.69. The molecule has 1 N–H and O–H groups in total. The zero-order valence-corrected chi connectivity index (χ0v) is 10.5. The van der Waals surface area contributed by atoms with Crippen LogP contribution < -0.4 is 0 Å². The Morgan fingerprint density at radius 2 is 2.11 bits per heavy atom. The van der Waals surface area contributed by atoms with E-state index in [2.05, 4.69) is 4.98 Å². The van der Waals surface area contributed by atoms with Crippen LogP contribution in [0.2, 0.25) is 0 Å². The summed E-state index contributed by atoms with van der Waals surface area (Å²) >= 11 is 0. The second-order valence-corrected chi connectivity index (χ2v) is 6.12. The van der Waals surface area contributed by atoms with E-state index < -0.39 is 21.7 Å². The summed E-state index contributed by atoms with van der Waals surface area (Å²) in [4.78, 5) is 14.5. The Hall–Kier alpha value is -1.47. The fourth-order valence-electron chi connectivity index (χ4n) is 2.23. The van der Waals surface area contributed by atoms with Crippen molar-refractivity contribution in [2.75, 3.05) is 12.3 Å². The molecule has 1 unspecified atom stereocenters. The molecule has 7 heteroatoms. The lowest BCUT2D eigenvalue weighted by Gasteiger charge is -2.23. The second-order valence-electron chi connectivity index (χ2n) is 4.20. The zero-order chi connectivity index (χ0) is 13.2. The SMILES string of the molecule is O=C(O)CS(=O)(=O)N1CCCC1c1ccncc1. The minimum absolute atomic E-state index is 0.266. The van der Waals surface area contributed by atoms with Crippen LogP contribution in [-0.2, 0) is 14.8 Å². The van der Waals surface area contributed by atoms with Gasteiger partial charge in [-0.3, -0.25) is 9.78 Å². The third kappa shape index (κ3) is 2.68. The van der Waals surface area contributed by atoms with Gasteiger partial charge in [0.25, 0.3) is 0 Å². The first-order valence-electron chi connectivity index (χ1n) is 5.62. The Bertz CT molecular complexity index is 529. The molecule has 1 saturated heterocycles. The molecule has 2 heterocycles. The van der Waals surface area contributed by atoms with Crippen LogP contribution in [0.5, 0.6) is 0 Å². The third-order valence-corrected chi connectivity index (χ3v) is 4.72. The number of nitrogens with zero attached hydrogens (tertiary/aromatic N) is 2. The molecule has 1 aliphatic heterocycles. The molecule has 1 aromatic heterocycles. The molecule has 0 aromatic carbocycles. The molecule has 0 bridgehead atoms. The highest BCUT2D eigenvalue weighted by molar-refractivity contribution is 7.89. The maximum absolute atomic E-state index is 12.0. The average molecular weight is 270 g/mol. The molecule has 1 aromatic rings. The topological polar surface area (TPSA) is 87.6 Å². The maximum Gasteiger partial charge on any atom is 0.320 e. The van der Waals surface area contributed by atoms with Crippen LogP contribution in [0.15, 0.2) is 24.5 Å². The molecule has 0 aliphatic carbocycles. The van der Waals surface area contributed by atoms with Crippen molar-refractivity contribution < 1.29 is 18.3 Å². The van der Waals surface area contributed by atoms with Gasteiger partial charge in [-0.15, -0.1) is 0 Å². The summed E-state index contributed by atoms with van der Waals surface area (Å²) in [7, 11) is -3.74. The highest BCUT2D eigenvalue weighted by Crippen LogP contribution is 2.33. The van der Waals surface area contributed by atoms with Crippen molar-refractivity contribution in [3.63, 3.8) is 0 Å². The molecule has 1 aliphatic rings. The lowest BCUT2D eigenvalue weighted by atomic mass is 10.1. The molecule has 1 fully saturated rings. The molecule has 0 radical (unpaired) electrons. The second kappa shape index (κ2) is 5.03. The monoisotopic (exact) mass is 270 g/mol. The van der Waals surface area contributed by atoms with Crippen LogP contribution in [0.1, 0.15) is 24.4 Å². The molecule has 18 heavy (non-hydrogen) atoms. The first kappa shape index (κ1) is 13.0. The van der Waals surface area contributed by atoms with Gasteiger partial charge in [-0.1, -0.05) is 0 Å². The third-order valence-electron chi connectivity index (χ3n) is 2.96. The first-order valence-corrected chi connectivity index (χ1v) is 7.23. The lowest BCUT2D eigenvalue weighted by molar-refractivity contribution is -0.134. The van der Waals surface area contributed by atoms with Crippen molar-refractivity contribution in [2.45, 2.75) is 18.9 Å². The Labute approximate surface area is 105 Å². The number of rotatable bonds is 4. The summed E-state index contributed by atoms with van der Waals surface area (Å²) in [6.07, 6.45) is 4.67. The average Bonchev–Trinajstić information content (AvgIpc) is 2.78. The van der Waals surface area contributed by atoms with Crippen LogP contribution in [0.4, 0.5) is 0 Å². The molecule has 0 spiro atoms. The van der Waals surface area contributed by atoms with Gasteiger partial charge >= 0.3 is 5.97 Å². The summed E-state index contributed by atoms with van der Waals surface area (Å²) in [6.45, 7) is 0.378. The highest BCUT2D eigenvalue weighted by atomic mass is 32.2. The van der Waals surface area contributed by atoms with Crippen LogP contribution in [-0.4, -0.2) is 41.1 Å². The van der Waals surface area contributed by atoms with Gasteiger partial charge in [0.05, 0.1) is 0 Å². The summed E-state index contributed by atoms with van der Waals surface area (Å²) < 4.78 is 25.2. The van der Waals surface area contributed by atoms with Crippen molar-refractivity contribution in [3.05, 3.63) is 30.1 Å². The lowest BCUT2D eigenvalue weighted by Crippen LogP contribution is -2.35. The number of pyridine rings is 1. The molecule has 0 amide bonds. The van der Waals surface area contributed by atoms with Gasteiger partial charge in [0.15, 0.2) is 5.75 Å². The molecule has 2 rings (SSSR count). The Morgan fingerprint density at radius 3 is 2.72 bits per heavy atom. The van der Waals surface area contributed by atoms with Gasteiger partial charge < -0.3 is 5.11 Å². The smallest absolute Gasteiger partial charge is 0.320 e. The number of carboxylic acid groups (broad SMARTS) is 1. The normalized spacial score (nSPS) is 21.0. The number of hydrogen-bond donors (Lipinski definition) is 1. The van der Waals surface area contributed by atoms with Crippen molar-refractivity contribution in [1.82, 2.24) is 9.29 Å².